The third-order valence-electron chi connectivity index (χ3n) is 2.02. The second kappa shape index (κ2) is 5.08. The van der Waals surface area contributed by atoms with Crippen LogP contribution in [0.1, 0.15) is 4.88 Å². The maximum atomic E-state index is 13.0. The van der Waals surface area contributed by atoms with Gasteiger partial charge in [0, 0.05) is 17.1 Å². The molecule has 2 aromatic rings. The summed E-state index contributed by atoms with van der Waals surface area (Å²) in [5.41, 5.74) is 0.362. The molecule has 17 heavy (non-hydrogen) atoms. The standard InChI is InChI=1S/C10H7Cl2FN2OS/c11-6-1-8(9(16)2-7(6)13)14-3-5-4-15-10(12)17-5/h1-2,4,14,16H,3H2. The van der Waals surface area contributed by atoms with Gasteiger partial charge in [-0.3, -0.25) is 0 Å². The molecule has 0 bridgehead atoms. The van der Waals surface area contributed by atoms with E-state index in [1.807, 2.05) is 0 Å². The van der Waals surface area contributed by atoms with E-state index in [4.69, 9.17) is 23.2 Å². The molecule has 2 rings (SSSR count). The van der Waals surface area contributed by atoms with E-state index >= 15 is 0 Å². The average Bonchev–Trinajstić information content (AvgIpc) is 2.68. The van der Waals surface area contributed by atoms with Crippen LogP contribution in [0.3, 0.4) is 0 Å². The van der Waals surface area contributed by atoms with Crippen molar-refractivity contribution in [3.8, 4) is 5.75 Å². The van der Waals surface area contributed by atoms with Gasteiger partial charge in [0.1, 0.15) is 11.6 Å². The molecule has 7 heteroatoms. The van der Waals surface area contributed by atoms with Crippen LogP contribution in [0.15, 0.2) is 18.3 Å². The molecule has 0 aliphatic rings. The van der Waals surface area contributed by atoms with Gasteiger partial charge in [-0.2, -0.15) is 0 Å². The predicted molar refractivity (Wildman–Crippen MR) is 67.5 cm³/mol. The van der Waals surface area contributed by atoms with E-state index in [0.29, 0.717) is 16.7 Å². The zero-order valence-electron chi connectivity index (χ0n) is 8.38. The molecule has 1 aromatic heterocycles. The normalized spacial score (nSPS) is 10.5. The summed E-state index contributed by atoms with van der Waals surface area (Å²) < 4.78 is 13.4. The molecule has 90 valence electrons. The van der Waals surface area contributed by atoms with Gasteiger partial charge in [-0.1, -0.05) is 23.2 Å². The molecule has 1 aromatic carbocycles. The van der Waals surface area contributed by atoms with Gasteiger partial charge >= 0.3 is 0 Å². The Labute approximate surface area is 111 Å². The number of thiazole rings is 1. The number of aromatic nitrogens is 1. The van der Waals surface area contributed by atoms with Crippen molar-refractivity contribution in [2.75, 3.05) is 5.32 Å². The van der Waals surface area contributed by atoms with E-state index < -0.39 is 5.82 Å². The highest BCUT2D eigenvalue weighted by Gasteiger charge is 2.08. The molecule has 0 fully saturated rings. The summed E-state index contributed by atoms with van der Waals surface area (Å²) in [5.74, 6) is -0.849. The second-order valence-electron chi connectivity index (χ2n) is 3.22. The highest BCUT2D eigenvalue weighted by Crippen LogP contribution is 2.30. The number of phenols is 1. The number of anilines is 1. The highest BCUT2D eigenvalue weighted by atomic mass is 35.5. The summed E-state index contributed by atoms with van der Waals surface area (Å²) in [6.07, 6.45) is 1.63. The molecule has 0 aliphatic heterocycles. The summed E-state index contributed by atoms with van der Waals surface area (Å²) >= 11 is 12.6. The molecular weight excluding hydrogens is 286 g/mol. The summed E-state index contributed by atoms with van der Waals surface area (Å²) in [6.45, 7) is 0.430. The van der Waals surface area contributed by atoms with Crippen LogP contribution in [-0.4, -0.2) is 10.1 Å². The minimum absolute atomic E-state index is 0.0485. The first-order valence-corrected chi connectivity index (χ1v) is 6.15. The number of phenolic OH excluding ortho intramolecular Hbond substituents is 1. The largest absolute Gasteiger partial charge is 0.506 e. The highest BCUT2D eigenvalue weighted by molar-refractivity contribution is 7.15. The summed E-state index contributed by atoms with van der Waals surface area (Å²) in [7, 11) is 0. The molecule has 0 unspecified atom stereocenters. The van der Waals surface area contributed by atoms with E-state index in [-0.39, 0.29) is 10.8 Å². The third-order valence-corrected chi connectivity index (χ3v) is 3.42. The van der Waals surface area contributed by atoms with Crippen LogP contribution in [0.4, 0.5) is 10.1 Å². The predicted octanol–water partition coefficient (Wildman–Crippen LogP) is 3.91. The molecule has 0 saturated carbocycles. The summed E-state index contributed by atoms with van der Waals surface area (Å²) in [4.78, 5) is 4.78. The monoisotopic (exact) mass is 292 g/mol. The van der Waals surface area contributed by atoms with Gasteiger partial charge in [-0.15, -0.1) is 11.3 Å². The van der Waals surface area contributed by atoms with Crippen LogP contribution < -0.4 is 5.32 Å². The second-order valence-corrected chi connectivity index (χ2v) is 5.32. The fraction of sp³-hybridized carbons (Fsp3) is 0.100. The molecule has 0 aliphatic carbocycles. The molecule has 0 saturated heterocycles. The van der Waals surface area contributed by atoms with Crippen molar-refractivity contribution in [3.63, 3.8) is 0 Å². The van der Waals surface area contributed by atoms with Crippen LogP contribution in [0, 0.1) is 5.82 Å². The zero-order valence-corrected chi connectivity index (χ0v) is 10.7. The number of hydrogen-bond donors (Lipinski definition) is 2. The fourth-order valence-electron chi connectivity index (χ4n) is 1.23. The lowest BCUT2D eigenvalue weighted by molar-refractivity contribution is 0.471. The number of nitrogens with zero attached hydrogens (tertiary/aromatic N) is 1. The van der Waals surface area contributed by atoms with Gasteiger partial charge in [-0.05, 0) is 6.07 Å². The lowest BCUT2D eigenvalue weighted by Gasteiger charge is -2.07. The topological polar surface area (TPSA) is 45.1 Å². The first-order chi connectivity index (χ1) is 8.06. The number of hydrogen-bond acceptors (Lipinski definition) is 4. The Kier molecular flexibility index (Phi) is 3.71. The maximum Gasteiger partial charge on any atom is 0.183 e. The van der Waals surface area contributed by atoms with Gasteiger partial charge in [-0.25, -0.2) is 9.37 Å². The van der Waals surface area contributed by atoms with Gasteiger partial charge in [0.2, 0.25) is 0 Å². The molecule has 1 heterocycles. The van der Waals surface area contributed by atoms with E-state index in [1.165, 1.54) is 17.4 Å². The first-order valence-electron chi connectivity index (χ1n) is 4.58. The Morgan fingerprint density at radius 1 is 1.41 bits per heavy atom. The van der Waals surface area contributed by atoms with Crippen molar-refractivity contribution in [3.05, 3.63) is 38.5 Å². The molecule has 0 atom stereocenters. The smallest absolute Gasteiger partial charge is 0.183 e. The van der Waals surface area contributed by atoms with Crippen molar-refractivity contribution >= 4 is 40.2 Å². The van der Waals surface area contributed by atoms with Crippen LogP contribution in [0.5, 0.6) is 5.75 Å². The number of halogens is 3. The minimum atomic E-state index is -0.657. The van der Waals surface area contributed by atoms with Crippen LogP contribution in [0.2, 0.25) is 9.49 Å². The molecule has 0 radical (unpaired) electrons. The Hall–Kier alpha value is -1.04. The molecule has 2 N–H and O–H groups in total. The molecule has 3 nitrogen and oxygen atoms in total. The Balaban J connectivity index is 2.11. The van der Waals surface area contributed by atoms with Gasteiger partial charge in [0.25, 0.3) is 0 Å². The maximum absolute atomic E-state index is 13.0. The lowest BCUT2D eigenvalue weighted by atomic mass is 10.3. The van der Waals surface area contributed by atoms with Crippen molar-refractivity contribution in [2.45, 2.75) is 6.54 Å². The number of aromatic hydroxyl groups is 1. The summed E-state index contributed by atoms with van der Waals surface area (Å²) in [6, 6.07) is 2.29. The number of rotatable bonds is 3. The Morgan fingerprint density at radius 2 is 2.18 bits per heavy atom. The average molecular weight is 293 g/mol. The van der Waals surface area contributed by atoms with Gasteiger partial charge < -0.3 is 10.4 Å². The number of benzene rings is 1. The van der Waals surface area contributed by atoms with Gasteiger partial charge in [0.05, 0.1) is 17.3 Å². The van der Waals surface area contributed by atoms with Crippen LogP contribution in [-0.2, 0) is 6.54 Å². The van der Waals surface area contributed by atoms with Crippen molar-refractivity contribution in [1.82, 2.24) is 4.98 Å². The lowest BCUT2D eigenvalue weighted by Crippen LogP contribution is -1.98. The van der Waals surface area contributed by atoms with Crippen molar-refractivity contribution in [1.29, 1.82) is 0 Å². The van der Waals surface area contributed by atoms with E-state index in [1.54, 1.807) is 6.20 Å². The molecular formula is C10H7Cl2FN2OS. The fourth-order valence-corrected chi connectivity index (χ4v) is 2.31. The van der Waals surface area contributed by atoms with Crippen LogP contribution >= 0.6 is 34.5 Å². The quantitative estimate of drug-likeness (QED) is 0.843. The van der Waals surface area contributed by atoms with Crippen molar-refractivity contribution in [2.24, 2.45) is 0 Å². The van der Waals surface area contributed by atoms with E-state index in [2.05, 4.69) is 10.3 Å². The number of nitrogens with one attached hydrogen (secondary N) is 1. The zero-order chi connectivity index (χ0) is 12.4. The first kappa shape index (κ1) is 12.4. The SMILES string of the molecule is Oc1cc(F)c(Cl)cc1NCc1cnc(Cl)s1. The Bertz CT molecular complexity index is 547. The summed E-state index contributed by atoms with van der Waals surface area (Å²) in [5, 5.41) is 12.4. The van der Waals surface area contributed by atoms with Crippen LogP contribution in [0.25, 0.3) is 0 Å². The van der Waals surface area contributed by atoms with E-state index in [0.717, 1.165) is 10.9 Å². The van der Waals surface area contributed by atoms with Crippen molar-refractivity contribution < 1.29 is 9.50 Å². The van der Waals surface area contributed by atoms with Gasteiger partial charge in [0.15, 0.2) is 4.47 Å². The molecule has 0 amide bonds. The third kappa shape index (κ3) is 3.00. The molecule has 0 spiro atoms. The Morgan fingerprint density at radius 3 is 2.82 bits per heavy atom. The van der Waals surface area contributed by atoms with E-state index in [9.17, 15) is 9.50 Å². The minimum Gasteiger partial charge on any atom is -0.506 e.